The number of aliphatic hydroxyl groups excluding tert-OH is 1. The molecule has 2 aliphatic heterocycles. The Hall–Kier alpha value is -1.62. The molecule has 126 valence electrons. The van der Waals surface area contributed by atoms with Crippen LogP contribution in [0, 0.1) is 11.8 Å². The van der Waals surface area contributed by atoms with Crippen molar-refractivity contribution in [2.75, 3.05) is 6.61 Å². The molecule has 5 nitrogen and oxygen atoms in total. The molecule has 3 atom stereocenters. The summed E-state index contributed by atoms with van der Waals surface area (Å²) in [4.78, 5) is 24.4. The highest BCUT2D eigenvalue weighted by molar-refractivity contribution is 5.94. The topological polar surface area (TPSA) is 72.8 Å². The molecule has 3 rings (SSSR count). The molecule has 0 aromatic rings. The van der Waals surface area contributed by atoms with Crippen LogP contribution in [0.3, 0.4) is 0 Å². The Balaban J connectivity index is 2.04. The van der Waals surface area contributed by atoms with Crippen molar-refractivity contribution < 1.29 is 24.2 Å². The highest BCUT2D eigenvalue weighted by Crippen LogP contribution is 2.43. The van der Waals surface area contributed by atoms with Crippen LogP contribution in [0.1, 0.15) is 52.4 Å². The van der Waals surface area contributed by atoms with Crippen LogP contribution in [0.2, 0.25) is 0 Å². The van der Waals surface area contributed by atoms with Gasteiger partial charge >= 0.3 is 11.9 Å². The molecule has 0 radical (unpaired) electrons. The number of carbonyl (C=O) groups excluding carboxylic acids is 2. The number of cyclic esters (lactones) is 2. The van der Waals surface area contributed by atoms with Crippen molar-refractivity contribution in [3.63, 3.8) is 0 Å². The van der Waals surface area contributed by atoms with Gasteiger partial charge in [-0.1, -0.05) is 26.7 Å². The van der Waals surface area contributed by atoms with Crippen LogP contribution in [0.4, 0.5) is 0 Å². The fraction of sp³-hybridized carbons (Fsp3) is 0.667. The van der Waals surface area contributed by atoms with Crippen LogP contribution in [0.15, 0.2) is 22.3 Å². The minimum absolute atomic E-state index is 0.0323. The maximum Gasteiger partial charge on any atom is 0.337 e. The fourth-order valence-electron chi connectivity index (χ4n) is 4.12. The minimum Gasteiger partial charge on any atom is -0.458 e. The van der Waals surface area contributed by atoms with Crippen LogP contribution in [0.5, 0.6) is 0 Å². The van der Waals surface area contributed by atoms with E-state index in [0.717, 1.165) is 30.4 Å². The fourth-order valence-corrected chi connectivity index (χ4v) is 4.12. The summed E-state index contributed by atoms with van der Waals surface area (Å²) in [6, 6.07) is 0. The molecule has 3 unspecified atom stereocenters. The van der Waals surface area contributed by atoms with Gasteiger partial charge in [-0.05, 0) is 43.1 Å². The van der Waals surface area contributed by atoms with Gasteiger partial charge in [0.2, 0.25) is 6.29 Å². The molecule has 0 aromatic heterocycles. The highest BCUT2D eigenvalue weighted by Gasteiger charge is 2.41. The van der Waals surface area contributed by atoms with E-state index in [0.29, 0.717) is 37.0 Å². The number of ether oxygens (including phenoxy) is 2. The Morgan fingerprint density at radius 1 is 1.17 bits per heavy atom. The lowest BCUT2D eigenvalue weighted by Crippen LogP contribution is -2.22. The van der Waals surface area contributed by atoms with Crippen molar-refractivity contribution >= 4 is 11.9 Å². The average Bonchev–Trinajstić information content (AvgIpc) is 3.01. The first kappa shape index (κ1) is 16.2. The number of hydrogen-bond donors (Lipinski definition) is 1. The Bertz CT molecular complexity index is 586. The smallest absolute Gasteiger partial charge is 0.337 e. The zero-order valence-electron chi connectivity index (χ0n) is 13.8. The van der Waals surface area contributed by atoms with E-state index in [1.165, 1.54) is 0 Å². The van der Waals surface area contributed by atoms with Gasteiger partial charge in [-0.15, -0.1) is 0 Å². The monoisotopic (exact) mass is 320 g/mol. The molecule has 3 aliphatic rings. The Labute approximate surface area is 136 Å². The molecule has 23 heavy (non-hydrogen) atoms. The van der Waals surface area contributed by atoms with Gasteiger partial charge in [-0.25, -0.2) is 9.59 Å². The largest absolute Gasteiger partial charge is 0.458 e. The third-order valence-corrected chi connectivity index (χ3v) is 5.36. The maximum atomic E-state index is 12.3. The number of rotatable bonds is 3. The molecule has 2 heterocycles. The second-order valence-corrected chi connectivity index (χ2v) is 6.62. The zero-order chi connectivity index (χ0) is 16.6. The van der Waals surface area contributed by atoms with Gasteiger partial charge in [0, 0.05) is 16.7 Å². The van der Waals surface area contributed by atoms with Crippen LogP contribution in [0.25, 0.3) is 0 Å². The lowest BCUT2D eigenvalue weighted by molar-refractivity contribution is -0.152. The maximum absolute atomic E-state index is 12.3. The summed E-state index contributed by atoms with van der Waals surface area (Å²) in [6.45, 7) is 4.52. The minimum atomic E-state index is -1.13. The Morgan fingerprint density at radius 2 is 1.96 bits per heavy atom. The van der Waals surface area contributed by atoms with Crippen molar-refractivity contribution in [3.05, 3.63) is 22.3 Å². The summed E-state index contributed by atoms with van der Waals surface area (Å²) in [5.41, 5.74) is 3.19. The molecule has 1 N–H and O–H groups in total. The average molecular weight is 320 g/mol. The number of hydrogen-bond acceptors (Lipinski definition) is 5. The molecule has 1 aliphatic carbocycles. The van der Waals surface area contributed by atoms with Gasteiger partial charge in [0.1, 0.15) is 6.61 Å². The molecule has 0 fully saturated rings. The predicted molar refractivity (Wildman–Crippen MR) is 83.1 cm³/mol. The third-order valence-electron chi connectivity index (χ3n) is 5.36. The van der Waals surface area contributed by atoms with Crippen LogP contribution >= 0.6 is 0 Å². The Morgan fingerprint density at radius 3 is 2.65 bits per heavy atom. The number of aliphatic hydroxyl groups is 1. The summed E-state index contributed by atoms with van der Waals surface area (Å²) in [7, 11) is 0. The first-order valence-corrected chi connectivity index (χ1v) is 8.56. The quantitative estimate of drug-likeness (QED) is 0.809. The third kappa shape index (κ3) is 2.82. The van der Waals surface area contributed by atoms with E-state index in [1.54, 1.807) is 0 Å². The van der Waals surface area contributed by atoms with E-state index >= 15 is 0 Å². The Kier molecular flexibility index (Phi) is 4.57. The summed E-state index contributed by atoms with van der Waals surface area (Å²) in [5.74, 6) is -0.371. The SMILES string of the molecule is CCCC1C2=C(CCC3=C(CC1CC)C(=O)OC3)C(O)OC2=O. The normalized spacial score (nSPS) is 31.2. The van der Waals surface area contributed by atoms with Crippen molar-refractivity contribution in [3.8, 4) is 0 Å². The van der Waals surface area contributed by atoms with Gasteiger partial charge in [-0.3, -0.25) is 0 Å². The highest BCUT2D eigenvalue weighted by atomic mass is 16.6. The predicted octanol–water partition coefficient (Wildman–Crippen LogP) is 2.64. The molecule has 0 spiro atoms. The van der Waals surface area contributed by atoms with E-state index < -0.39 is 6.29 Å². The van der Waals surface area contributed by atoms with Crippen molar-refractivity contribution in [1.82, 2.24) is 0 Å². The summed E-state index contributed by atoms with van der Waals surface area (Å²) >= 11 is 0. The van der Waals surface area contributed by atoms with E-state index in [-0.39, 0.29) is 23.8 Å². The van der Waals surface area contributed by atoms with Crippen LogP contribution < -0.4 is 0 Å². The second kappa shape index (κ2) is 6.48. The van der Waals surface area contributed by atoms with Crippen molar-refractivity contribution in [1.29, 1.82) is 0 Å². The van der Waals surface area contributed by atoms with Gasteiger partial charge in [-0.2, -0.15) is 0 Å². The molecular weight excluding hydrogens is 296 g/mol. The van der Waals surface area contributed by atoms with Gasteiger partial charge in [0.05, 0.1) is 0 Å². The van der Waals surface area contributed by atoms with Crippen molar-refractivity contribution in [2.45, 2.75) is 58.7 Å². The number of esters is 2. The van der Waals surface area contributed by atoms with Crippen LogP contribution in [-0.4, -0.2) is 29.9 Å². The molecule has 0 aromatic carbocycles. The van der Waals surface area contributed by atoms with Gasteiger partial charge in [0.25, 0.3) is 0 Å². The summed E-state index contributed by atoms with van der Waals surface area (Å²) in [5, 5.41) is 10.1. The van der Waals surface area contributed by atoms with E-state index in [1.807, 2.05) is 0 Å². The molecule has 0 saturated heterocycles. The number of carbonyl (C=O) groups is 2. The lowest BCUT2D eigenvalue weighted by Gasteiger charge is -2.26. The first-order valence-electron chi connectivity index (χ1n) is 8.56. The lowest BCUT2D eigenvalue weighted by atomic mass is 9.76. The molecule has 0 saturated carbocycles. The zero-order valence-corrected chi connectivity index (χ0v) is 13.8. The second-order valence-electron chi connectivity index (χ2n) is 6.62. The van der Waals surface area contributed by atoms with Gasteiger partial charge in [0.15, 0.2) is 0 Å². The molecular formula is C18H24O5. The van der Waals surface area contributed by atoms with Crippen LogP contribution in [-0.2, 0) is 19.1 Å². The van der Waals surface area contributed by atoms with Gasteiger partial charge < -0.3 is 14.6 Å². The first-order chi connectivity index (χ1) is 11.1. The van der Waals surface area contributed by atoms with Crippen molar-refractivity contribution in [2.24, 2.45) is 11.8 Å². The van der Waals surface area contributed by atoms with E-state index in [9.17, 15) is 14.7 Å². The van der Waals surface area contributed by atoms with E-state index in [2.05, 4.69) is 13.8 Å². The van der Waals surface area contributed by atoms with E-state index in [4.69, 9.17) is 9.47 Å². The molecule has 0 bridgehead atoms. The summed E-state index contributed by atoms with van der Waals surface area (Å²) in [6.07, 6.45) is 3.38. The standard InChI is InChI=1S/C18H24O5/c1-3-5-12-10(4-2)8-14-11(9-22-16(14)19)6-7-13-15(12)18(21)23-17(13)20/h10,12,17,20H,3-9H2,1-2H3. The molecule has 0 amide bonds. The summed E-state index contributed by atoms with van der Waals surface area (Å²) < 4.78 is 10.3. The molecule has 5 heteroatoms.